The van der Waals surface area contributed by atoms with E-state index < -0.39 is 0 Å². The second-order valence-corrected chi connectivity index (χ2v) is 9.11. The molecule has 3 heterocycles. The van der Waals surface area contributed by atoms with E-state index in [0.717, 1.165) is 33.2 Å². The van der Waals surface area contributed by atoms with E-state index in [4.69, 9.17) is 44.9 Å². The number of amides is 1. The van der Waals surface area contributed by atoms with Crippen LogP contribution in [0.2, 0.25) is 15.3 Å². The average Bonchev–Trinajstić information content (AvgIpc) is 3.38. The molecule has 0 unspecified atom stereocenters. The fourth-order valence-corrected chi connectivity index (χ4v) is 4.52. The molecular formula is C25H15Cl3N6O. The van der Waals surface area contributed by atoms with E-state index in [1.54, 1.807) is 0 Å². The smallest absolute Gasteiger partial charge is 0.244 e. The summed E-state index contributed by atoms with van der Waals surface area (Å²) in [6, 6.07) is 21.2. The monoisotopic (exact) mass is 520 g/mol. The maximum Gasteiger partial charge on any atom is 0.244 e. The minimum absolute atomic E-state index is 0.0155. The van der Waals surface area contributed by atoms with Gasteiger partial charge in [-0.05, 0) is 30.3 Å². The van der Waals surface area contributed by atoms with Crippen LogP contribution in [-0.4, -0.2) is 30.1 Å². The Hall–Kier alpha value is -3.65. The average molecular weight is 522 g/mol. The fraction of sp³-hybridized carbons (Fsp3) is 0.0400. The third-order valence-corrected chi connectivity index (χ3v) is 6.72. The summed E-state index contributed by atoms with van der Waals surface area (Å²) in [6.45, 7) is -0.0155. The number of fused-ring (bicyclic) bond motifs is 5. The van der Waals surface area contributed by atoms with Crippen molar-refractivity contribution in [3.8, 4) is 11.3 Å². The number of halogens is 3. The van der Waals surface area contributed by atoms with E-state index in [9.17, 15) is 4.79 Å². The number of hydrogen-bond acceptors (Lipinski definition) is 4. The lowest BCUT2D eigenvalue weighted by Gasteiger charge is -2.08. The zero-order chi connectivity index (χ0) is 24.1. The first kappa shape index (κ1) is 21.9. The Morgan fingerprint density at radius 2 is 1.71 bits per heavy atom. The van der Waals surface area contributed by atoms with Gasteiger partial charge in [0.1, 0.15) is 11.7 Å². The minimum Gasteiger partial charge on any atom is -0.324 e. The lowest BCUT2D eigenvalue weighted by molar-refractivity contribution is -0.116. The number of imidazole rings is 2. The van der Waals surface area contributed by atoms with Gasteiger partial charge in [0.2, 0.25) is 5.91 Å². The molecule has 35 heavy (non-hydrogen) atoms. The summed E-state index contributed by atoms with van der Waals surface area (Å²) < 4.78 is 3.30. The highest BCUT2D eigenvalue weighted by atomic mass is 35.5. The van der Waals surface area contributed by atoms with E-state index >= 15 is 0 Å². The molecule has 6 rings (SSSR count). The molecule has 172 valence electrons. The van der Waals surface area contributed by atoms with Crippen molar-refractivity contribution in [3.63, 3.8) is 0 Å². The summed E-state index contributed by atoms with van der Waals surface area (Å²) in [5.41, 5.74) is 4.65. The van der Waals surface area contributed by atoms with Crippen LogP contribution in [0.15, 0.2) is 73.1 Å². The molecule has 0 aliphatic carbocycles. The van der Waals surface area contributed by atoms with Gasteiger partial charge in [0.25, 0.3) is 0 Å². The first-order valence-corrected chi connectivity index (χ1v) is 11.7. The number of anilines is 1. The Balaban J connectivity index is 1.42. The standard InChI is InChI=1S/C25H15Cl3N6O/c26-15-7-5-14(6-8-15)22-17-3-1-2-4-18(17)25-31-19-11-16(9-10-20(19)34(25)32-22)30-21(35)12-33-13-29-23(27)24(33)28/h1-11,13H,12H2,(H,30,35). The SMILES string of the molecule is O=C(Cn1cnc(Cl)c1Cl)Nc1ccc2c(c1)nc1c3ccccc3c(-c3ccc(Cl)cc3)nn21. The summed E-state index contributed by atoms with van der Waals surface area (Å²) in [4.78, 5) is 21.3. The Kier molecular flexibility index (Phi) is 5.33. The highest BCUT2D eigenvalue weighted by Gasteiger charge is 2.16. The number of rotatable bonds is 4. The van der Waals surface area contributed by atoms with Gasteiger partial charge >= 0.3 is 0 Å². The van der Waals surface area contributed by atoms with E-state index in [2.05, 4.69) is 10.3 Å². The van der Waals surface area contributed by atoms with Crippen LogP contribution in [0, 0.1) is 0 Å². The molecule has 0 spiro atoms. The molecule has 0 saturated carbocycles. The van der Waals surface area contributed by atoms with Crippen molar-refractivity contribution in [2.24, 2.45) is 0 Å². The molecule has 0 aliphatic heterocycles. The van der Waals surface area contributed by atoms with Gasteiger partial charge < -0.3 is 9.88 Å². The molecule has 1 amide bonds. The highest BCUT2D eigenvalue weighted by Crippen LogP contribution is 2.32. The van der Waals surface area contributed by atoms with Crippen LogP contribution in [0.3, 0.4) is 0 Å². The topological polar surface area (TPSA) is 77.1 Å². The predicted octanol–water partition coefficient (Wildman–Crippen LogP) is 6.50. The third-order valence-electron chi connectivity index (χ3n) is 5.70. The summed E-state index contributed by atoms with van der Waals surface area (Å²) in [5, 5.41) is 10.8. The number of aromatic nitrogens is 5. The van der Waals surface area contributed by atoms with Crippen LogP contribution >= 0.6 is 34.8 Å². The van der Waals surface area contributed by atoms with Gasteiger partial charge in [-0.25, -0.2) is 14.5 Å². The maximum atomic E-state index is 12.5. The molecule has 3 aromatic carbocycles. The summed E-state index contributed by atoms with van der Waals surface area (Å²) >= 11 is 18.0. The Bertz CT molecular complexity index is 1760. The van der Waals surface area contributed by atoms with Crippen molar-refractivity contribution in [1.29, 1.82) is 0 Å². The molecule has 1 N–H and O–H groups in total. The lowest BCUT2D eigenvalue weighted by Crippen LogP contribution is -2.18. The molecule has 0 saturated heterocycles. The fourth-order valence-electron chi connectivity index (χ4n) is 4.09. The van der Waals surface area contributed by atoms with Gasteiger partial charge in [-0.3, -0.25) is 4.79 Å². The van der Waals surface area contributed by atoms with Gasteiger partial charge in [-0.1, -0.05) is 71.2 Å². The van der Waals surface area contributed by atoms with Crippen molar-refractivity contribution in [2.45, 2.75) is 6.54 Å². The Morgan fingerprint density at radius 3 is 2.46 bits per heavy atom. The number of nitrogens with one attached hydrogen (secondary N) is 1. The quantitative estimate of drug-likeness (QED) is 0.287. The van der Waals surface area contributed by atoms with E-state index in [1.165, 1.54) is 10.9 Å². The van der Waals surface area contributed by atoms with Crippen LogP contribution in [0.25, 0.3) is 38.7 Å². The van der Waals surface area contributed by atoms with E-state index in [0.29, 0.717) is 16.2 Å². The van der Waals surface area contributed by atoms with Crippen molar-refractivity contribution < 1.29 is 4.79 Å². The number of carbonyl (C=O) groups excluding carboxylic acids is 1. The van der Waals surface area contributed by atoms with Gasteiger partial charge in [0, 0.05) is 27.0 Å². The van der Waals surface area contributed by atoms with E-state index in [1.807, 2.05) is 71.2 Å². The normalized spacial score (nSPS) is 11.5. The van der Waals surface area contributed by atoms with Crippen LogP contribution < -0.4 is 5.32 Å². The van der Waals surface area contributed by atoms with Gasteiger partial charge in [0.15, 0.2) is 10.8 Å². The van der Waals surface area contributed by atoms with Crippen molar-refractivity contribution >= 4 is 73.9 Å². The predicted molar refractivity (Wildman–Crippen MR) is 139 cm³/mol. The molecular weight excluding hydrogens is 507 g/mol. The minimum atomic E-state index is -0.266. The molecule has 0 fully saturated rings. The maximum absolute atomic E-state index is 12.5. The van der Waals surface area contributed by atoms with Crippen LogP contribution in [0.4, 0.5) is 5.69 Å². The van der Waals surface area contributed by atoms with Gasteiger partial charge in [0.05, 0.1) is 23.1 Å². The number of benzene rings is 3. The molecule has 6 aromatic rings. The van der Waals surface area contributed by atoms with Crippen molar-refractivity contribution in [2.75, 3.05) is 5.32 Å². The molecule has 10 heteroatoms. The van der Waals surface area contributed by atoms with Crippen molar-refractivity contribution in [1.82, 2.24) is 24.1 Å². The number of carbonyl (C=O) groups is 1. The summed E-state index contributed by atoms with van der Waals surface area (Å²) in [7, 11) is 0. The van der Waals surface area contributed by atoms with Crippen LogP contribution in [-0.2, 0) is 11.3 Å². The molecule has 3 aromatic heterocycles. The zero-order valence-corrected chi connectivity index (χ0v) is 20.2. The zero-order valence-electron chi connectivity index (χ0n) is 17.9. The Morgan fingerprint density at radius 1 is 0.943 bits per heavy atom. The van der Waals surface area contributed by atoms with Crippen molar-refractivity contribution in [3.05, 3.63) is 88.4 Å². The van der Waals surface area contributed by atoms with Crippen LogP contribution in [0.1, 0.15) is 0 Å². The molecule has 0 radical (unpaired) electrons. The second-order valence-electron chi connectivity index (χ2n) is 7.95. The first-order chi connectivity index (χ1) is 17.0. The molecule has 0 aliphatic rings. The summed E-state index contributed by atoms with van der Waals surface area (Å²) in [5.74, 6) is -0.266. The summed E-state index contributed by atoms with van der Waals surface area (Å²) in [6.07, 6.45) is 1.42. The number of hydrogen-bond donors (Lipinski definition) is 1. The second kappa shape index (κ2) is 8.53. The van der Waals surface area contributed by atoms with Gasteiger partial charge in [-0.2, -0.15) is 5.10 Å². The first-order valence-electron chi connectivity index (χ1n) is 10.6. The molecule has 0 atom stereocenters. The lowest BCUT2D eigenvalue weighted by atomic mass is 10.1. The molecule has 7 nitrogen and oxygen atoms in total. The van der Waals surface area contributed by atoms with Crippen LogP contribution in [0.5, 0.6) is 0 Å². The highest BCUT2D eigenvalue weighted by molar-refractivity contribution is 6.40. The van der Waals surface area contributed by atoms with Gasteiger partial charge in [-0.15, -0.1) is 0 Å². The molecule has 0 bridgehead atoms. The largest absolute Gasteiger partial charge is 0.324 e. The number of nitrogens with zero attached hydrogens (tertiary/aromatic N) is 5. The Labute approximate surface area is 213 Å². The third kappa shape index (κ3) is 3.87. The van der Waals surface area contributed by atoms with E-state index in [-0.39, 0.29) is 22.8 Å².